The number of nitrogens with one attached hydrogen (secondary N) is 1. The molecule has 1 saturated heterocycles. The summed E-state index contributed by atoms with van der Waals surface area (Å²) in [6, 6.07) is 0.502. The van der Waals surface area contributed by atoms with Gasteiger partial charge in [0, 0.05) is 18.3 Å². The zero-order valence-corrected chi connectivity index (χ0v) is 12.8. The molecular weight excluding hydrogens is 262 g/mol. The molecule has 2 aliphatic heterocycles. The Morgan fingerprint density at radius 2 is 2.32 bits per heavy atom. The van der Waals surface area contributed by atoms with Crippen LogP contribution in [-0.4, -0.2) is 59.6 Å². The molecule has 0 aromatic rings. The van der Waals surface area contributed by atoms with Crippen LogP contribution >= 0.6 is 11.8 Å². The highest BCUT2D eigenvalue weighted by Crippen LogP contribution is 2.17. The van der Waals surface area contributed by atoms with Crippen molar-refractivity contribution in [3.05, 3.63) is 0 Å². The summed E-state index contributed by atoms with van der Waals surface area (Å²) < 4.78 is 5.40. The molecule has 0 aromatic heterocycles. The van der Waals surface area contributed by atoms with Gasteiger partial charge in [-0.25, -0.2) is 4.79 Å². The van der Waals surface area contributed by atoms with Crippen molar-refractivity contribution in [2.75, 3.05) is 31.1 Å². The number of hydrogen-bond donors (Lipinski definition) is 1. The van der Waals surface area contributed by atoms with Gasteiger partial charge in [-0.2, -0.15) is 11.8 Å². The van der Waals surface area contributed by atoms with E-state index >= 15 is 0 Å². The number of nitrogens with zero attached hydrogens (tertiary/aromatic N) is 2. The van der Waals surface area contributed by atoms with Crippen LogP contribution in [0.25, 0.3) is 0 Å². The molecule has 0 spiro atoms. The standard InChI is InChI=1S/C13H23N3O2S/c1-13(2,3)18-12(17)16-6-5-14-11(8-16)15-10-4-7-19-9-10/h10H,4-9H2,1-3H3,(H,14,15). The Morgan fingerprint density at radius 3 is 2.95 bits per heavy atom. The van der Waals surface area contributed by atoms with Crippen LogP contribution in [-0.2, 0) is 4.74 Å². The summed E-state index contributed by atoms with van der Waals surface area (Å²) in [5, 5.41) is 3.45. The molecule has 1 unspecified atom stereocenters. The van der Waals surface area contributed by atoms with Crippen molar-refractivity contribution in [1.82, 2.24) is 10.2 Å². The van der Waals surface area contributed by atoms with Gasteiger partial charge in [0.15, 0.2) is 0 Å². The Morgan fingerprint density at radius 1 is 1.53 bits per heavy atom. The van der Waals surface area contributed by atoms with Crippen molar-refractivity contribution >= 4 is 23.7 Å². The van der Waals surface area contributed by atoms with Gasteiger partial charge in [-0.15, -0.1) is 0 Å². The lowest BCUT2D eigenvalue weighted by Crippen LogP contribution is -2.49. The molecule has 6 heteroatoms. The number of amides is 1. The molecule has 19 heavy (non-hydrogen) atoms. The summed E-state index contributed by atoms with van der Waals surface area (Å²) in [6.45, 7) is 7.49. The number of carbonyl (C=O) groups excluding carboxylic acids is 1. The monoisotopic (exact) mass is 285 g/mol. The Hall–Kier alpha value is -0.910. The normalized spacial score (nSPS) is 24.1. The summed E-state index contributed by atoms with van der Waals surface area (Å²) in [5.74, 6) is 3.26. The van der Waals surface area contributed by atoms with E-state index in [2.05, 4.69) is 10.3 Å². The van der Waals surface area contributed by atoms with Crippen molar-refractivity contribution in [3.63, 3.8) is 0 Å². The highest BCUT2D eigenvalue weighted by atomic mass is 32.2. The highest BCUT2D eigenvalue weighted by Gasteiger charge is 2.26. The van der Waals surface area contributed by atoms with Gasteiger partial charge in [-0.1, -0.05) is 0 Å². The number of carbonyl (C=O) groups is 1. The van der Waals surface area contributed by atoms with Gasteiger partial charge in [0.1, 0.15) is 11.4 Å². The van der Waals surface area contributed by atoms with Crippen LogP contribution in [0, 0.1) is 0 Å². The minimum absolute atomic E-state index is 0.248. The molecule has 0 saturated carbocycles. The predicted octanol–water partition coefficient (Wildman–Crippen LogP) is 1.73. The lowest BCUT2D eigenvalue weighted by atomic mass is 10.2. The highest BCUT2D eigenvalue weighted by molar-refractivity contribution is 7.99. The lowest BCUT2D eigenvalue weighted by molar-refractivity contribution is 0.0276. The number of aliphatic imine (C=N–C) groups is 1. The molecule has 0 aliphatic carbocycles. The van der Waals surface area contributed by atoms with E-state index in [4.69, 9.17) is 4.74 Å². The Kier molecular flexibility index (Phi) is 4.60. The second-order valence-electron chi connectivity index (χ2n) is 5.94. The molecule has 1 N–H and O–H groups in total. The van der Waals surface area contributed by atoms with E-state index in [1.54, 1.807) is 4.90 Å². The Balaban J connectivity index is 1.85. The summed E-state index contributed by atoms with van der Waals surface area (Å²) in [6.07, 6.45) is 0.929. The molecule has 2 rings (SSSR count). The molecule has 2 heterocycles. The van der Waals surface area contributed by atoms with Crippen LogP contribution < -0.4 is 5.32 Å². The van der Waals surface area contributed by atoms with Crippen LogP contribution in [0.15, 0.2) is 4.99 Å². The minimum atomic E-state index is -0.443. The summed E-state index contributed by atoms with van der Waals surface area (Å²) in [4.78, 5) is 18.2. The molecule has 5 nitrogen and oxygen atoms in total. The van der Waals surface area contributed by atoms with Crippen LogP contribution in [0.5, 0.6) is 0 Å². The van der Waals surface area contributed by atoms with Gasteiger partial charge < -0.3 is 10.1 Å². The topological polar surface area (TPSA) is 53.9 Å². The predicted molar refractivity (Wildman–Crippen MR) is 79.0 cm³/mol. The van der Waals surface area contributed by atoms with E-state index in [9.17, 15) is 4.79 Å². The largest absolute Gasteiger partial charge is 0.444 e. The second-order valence-corrected chi connectivity index (χ2v) is 7.08. The SMILES string of the molecule is CC(C)(C)OC(=O)N1CCN=C(NC2CCSC2)C1. The zero-order valence-electron chi connectivity index (χ0n) is 11.9. The number of thioether (sulfide) groups is 1. The van der Waals surface area contributed by atoms with Crippen LogP contribution in [0.2, 0.25) is 0 Å². The average molecular weight is 285 g/mol. The van der Waals surface area contributed by atoms with E-state index in [0.29, 0.717) is 25.7 Å². The summed E-state index contributed by atoms with van der Waals surface area (Å²) >= 11 is 1.96. The molecule has 0 bridgehead atoms. The molecule has 1 atom stereocenters. The maximum absolute atomic E-state index is 12.0. The van der Waals surface area contributed by atoms with E-state index in [0.717, 1.165) is 11.6 Å². The molecule has 1 fully saturated rings. The molecule has 2 aliphatic rings. The molecule has 1 amide bonds. The smallest absolute Gasteiger partial charge is 0.410 e. The van der Waals surface area contributed by atoms with Gasteiger partial charge in [-0.3, -0.25) is 9.89 Å². The third kappa shape index (κ3) is 4.60. The van der Waals surface area contributed by atoms with E-state index in [1.165, 1.54) is 12.2 Å². The average Bonchev–Trinajstić information content (AvgIpc) is 2.80. The maximum Gasteiger partial charge on any atom is 0.410 e. The number of ether oxygens (including phenoxy) is 1. The van der Waals surface area contributed by atoms with Crippen LogP contribution in [0.4, 0.5) is 4.79 Å². The fourth-order valence-electron chi connectivity index (χ4n) is 2.07. The molecule has 0 radical (unpaired) electrons. The first kappa shape index (κ1) is 14.5. The van der Waals surface area contributed by atoms with Crippen LogP contribution in [0.3, 0.4) is 0 Å². The van der Waals surface area contributed by atoms with Crippen molar-refractivity contribution in [2.24, 2.45) is 4.99 Å². The number of amidine groups is 1. The van der Waals surface area contributed by atoms with E-state index in [1.807, 2.05) is 32.5 Å². The minimum Gasteiger partial charge on any atom is -0.444 e. The molecular formula is C13H23N3O2S. The van der Waals surface area contributed by atoms with Gasteiger partial charge in [-0.05, 0) is 32.9 Å². The van der Waals surface area contributed by atoms with Crippen molar-refractivity contribution in [1.29, 1.82) is 0 Å². The van der Waals surface area contributed by atoms with Crippen LogP contribution in [0.1, 0.15) is 27.2 Å². The fourth-order valence-corrected chi connectivity index (χ4v) is 3.23. The van der Waals surface area contributed by atoms with Gasteiger partial charge >= 0.3 is 6.09 Å². The Bertz CT molecular complexity index is 359. The van der Waals surface area contributed by atoms with Gasteiger partial charge in [0.2, 0.25) is 0 Å². The lowest BCUT2D eigenvalue weighted by Gasteiger charge is -2.30. The number of hydrogen-bond acceptors (Lipinski definition) is 5. The molecule has 108 valence electrons. The van der Waals surface area contributed by atoms with Crippen molar-refractivity contribution in [3.8, 4) is 0 Å². The van der Waals surface area contributed by atoms with E-state index in [-0.39, 0.29) is 6.09 Å². The quantitative estimate of drug-likeness (QED) is 0.797. The first-order chi connectivity index (χ1) is 8.94. The fraction of sp³-hybridized carbons (Fsp3) is 0.846. The zero-order chi connectivity index (χ0) is 13.9. The van der Waals surface area contributed by atoms with E-state index < -0.39 is 5.60 Å². The van der Waals surface area contributed by atoms with Crippen molar-refractivity contribution in [2.45, 2.75) is 38.8 Å². The van der Waals surface area contributed by atoms with Gasteiger partial charge in [0.05, 0.1) is 13.1 Å². The van der Waals surface area contributed by atoms with Crippen molar-refractivity contribution < 1.29 is 9.53 Å². The summed E-state index contributed by atoms with van der Waals surface area (Å²) in [7, 11) is 0. The molecule has 0 aromatic carbocycles. The third-order valence-corrected chi connectivity index (χ3v) is 4.13. The first-order valence-electron chi connectivity index (χ1n) is 6.79. The maximum atomic E-state index is 12.0. The third-order valence-electron chi connectivity index (χ3n) is 2.97. The summed E-state index contributed by atoms with van der Waals surface area (Å²) in [5.41, 5.74) is -0.443. The first-order valence-corrected chi connectivity index (χ1v) is 7.95. The van der Waals surface area contributed by atoms with Gasteiger partial charge in [0.25, 0.3) is 0 Å². The Labute approximate surface area is 119 Å². The number of rotatable bonds is 1. The second kappa shape index (κ2) is 6.03.